The number of hydrogen-bond donors (Lipinski definition) is 2. The van der Waals surface area contributed by atoms with Crippen molar-refractivity contribution in [2.24, 2.45) is 5.73 Å². The molecule has 1 heterocycles. The number of rotatable bonds is 10. The molecule has 3 N–H and O–H groups in total. The number of nitrogens with two attached hydrogens (primary N) is 1. The number of para-hydroxylation sites is 1. The highest BCUT2D eigenvalue weighted by Gasteiger charge is 2.26. The van der Waals surface area contributed by atoms with Crippen molar-refractivity contribution in [2.45, 2.75) is 31.7 Å². The van der Waals surface area contributed by atoms with Gasteiger partial charge in [0.1, 0.15) is 19.0 Å². The highest BCUT2D eigenvalue weighted by Crippen LogP contribution is 2.17. The minimum atomic E-state index is -0.0696. The summed E-state index contributed by atoms with van der Waals surface area (Å²) in [4.78, 5) is 25.9. The minimum absolute atomic E-state index is 0.0298. The van der Waals surface area contributed by atoms with Crippen molar-refractivity contribution in [1.29, 1.82) is 0 Å². The molecule has 2 rings (SSSR count). The molecule has 7 nitrogen and oxygen atoms in total. The summed E-state index contributed by atoms with van der Waals surface area (Å²) < 4.78 is 11.0. The lowest BCUT2D eigenvalue weighted by Crippen LogP contribution is -2.50. The molecular weight excluding hydrogens is 334 g/mol. The summed E-state index contributed by atoms with van der Waals surface area (Å²) in [7, 11) is 0. The zero-order chi connectivity index (χ0) is 18.6. The van der Waals surface area contributed by atoms with Gasteiger partial charge in [-0.1, -0.05) is 18.2 Å². The van der Waals surface area contributed by atoms with Crippen LogP contribution in [0.4, 0.5) is 0 Å². The van der Waals surface area contributed by atoms with E-state index in [1.165, 1.54) is 0 Å². The van der Waals surface area contributed by atoms with Gasteiger partial charge < -0.3 is 25.4 Å². The van der Waals surface area contributed by atoms with Crippen LogP contribution >= 0.6 is 0 Å². The second-order valence-electron chi connectivity index (χ2n) is 6.29. The summed E-state index contributed by atoms with van der Waals surface area (Å²) in [5.74, 6) is 0.675. The van der Waals surface area contributed by atoms with E-state index >= 15 is 0 Å². The molecule has 0 aromatic heterocycles. The van der Waals surface area contributed by atoms with Crippen LogP contribution in [-0.4, -0.2) is 62.2 Å². The number of ether oxygens (including phenoxy) is 2. The van der Waals surface area contributed by atoms with Gasteiger partial charge in [0, 0.05) is 32.1 Å². The van der Waals surface area contributed by atoms with Gasteiger partial charge in [-0.2, -0.15) is 0 Å². The molecule has 1 saturated heterocycles. The van der Waals surface area contributed by atoms with E-state index in [0.29, 0.717) is 39.3 Å². The second-order valence-corrected chi connectivity index (χ2v) is 6.29. The van der Waals surface area contributed by atoms with E-state index in [2.05, 4.69) is 5.32 Å². The SMILES string of the molecule is NCCC(=O)NCC1CCCCN1C(=O)COCCOc1ccccc1. The molecule has 0 aliphatic carbocycles. The lowest BCUT2D eigenvalue weighted by molar-refractivity contribution is -0.140. The molecule has 1 aromatic rings. The van der Waals surface area contributed by atoms with Crippen LogP contribution in [0.1, 0.15) is 25.7 Å². The van der Waals surface area contributed by atoms with E-state index in [4.69, 9.17) is 15.2 Å². The number of amides is 2. The van der Waals surface area contributed by atoms with E-state index in [0.717, 1.165) is 25.0 Å². The molecule has 1 aromatic carbocycles. The molecule has 0 bridgehead atoms. The van der Waals surface area contributed by atoms with Gasteiger partial charge in [-0.3, -0.25) is 9.59 Å². The zero-order valence-electron chi connectivity index (χ0n) is 15.2. The molecule has 0 spiro atoms. The Bertz CT molecular complexity index is 553. The number of benzene rings is 1. The molecule has 1 unspecified atom stereocenters. The number of hydrogen-bond acceptors (Lipinski definition) is 5. The highest BCUT2D eigenvalue weighted by atomic mass is 16.5. The molecule has 2 amide bonds. The van der Waals surface area contributed by atoms with Gasteiger partial charge in [0.25, 0.3) is 0 Å². The average Bonchev–Trinajstić information content (AvgIpc) is 2.67. The summed E-state index contributed by atoms with van der Waals surface area (Å²) in [5, 5.41) is 2.86. The van der Waals surface area contributed by atoms with Gasteiger partial charge in [-0.15, -0.1) is 0 Å². The first kappa shape index (κ1) is 20.2. The Balaban J connectivity index is 1.67. The molecule has 26 heavy (non-hydrogen) atoms. The number of carbonyl (C=O) groups is 2. The molecule has 1 fully saturated rings. The van der Waals surface area contributed by atoms with Crippen molar-refractivity contribution in [3.63, 3.8) is 0 Å². The van der Waals surface area contributed by atoms with Crippen LogP contribution < -0.4 is 15.8 Å². The third kappa shape index (κ3) is 7.01. The number of nitrogens with zero attached hydrogens (tertiary/aromatic N) is 1. The monoisotopic (exact) mass is 363 g/mol. The zero-order valence-corrected chi connectivity index (χ0v) is 15.2. The van der Waals surface area contributed by atoms with Crippen molar-refractivity contribution in [3.05, 3.63) is 30.3 Å². The van der Waals surface area contributed by atoms with Crippen molar-refractivity contribution in [1.82, 2.24) is 10.2 Å². The summed E-state index contributed by atoms with van der Waals surface area (Å²) >= 11 is 0. The van der Waals surface area contributed by atoms with Gasteiger partial charge >= 0.3 is 0 Å². The summed E-state index contributed by atoms with van der Waals surface area (Å²) in [6, 6.07) is 9.52. The fraction of sp³-hybridized carbons (Fsp3) is 0.579. The standard InChI is InChI=1S/C19H29N3O4/c20-10-9-18(23)21-14-16-6-4-5-11-22(16)19(24)15-25-12-13-26-17-7-2-1-3-8-17/h1-3,7-8,16H,4-6,9-15,20H2,(H,21,23). The first-order valence-electron chi connectivity index (χ1n) is 9.22. The summed E-state index contributed by atoms with van der Waals surface area (Å²) in [6.07, 6.45) is 3.25. The maximum atomic E-state index is 12.4. The molecule has 1 aliphatic heterocycles. The Morgan fingerprint density at radius 1 is 1.19 bits per heavy atom. The summed E-state index contributed by atoms with van der Waals surface area (Å²) in [6.45, 7) is 2.30. The van der Waals surface area contributed by atoms with Crippen molar-refractivity contribution >= 4 is 11.8 Å². The Labute approximate surface area is 154 Å². The van der Waals surface area contributed by atoms with E-state index in [1.807, 2.05) is 35.2 Å². The van der Waals surface area contributed by atoms with Crippen LogP contribution in [0.3, 0.4) is 0 Å². The minimum Gasteiger partial charge on any atom is -0.491 e. The summed E-state index contributed by atoms with van der Waals surface area (Å²) in [5.41, 5.74) is 5.38. The molecule has 144 valence electrons. The van der Waals surface area contributed by atoms with E-state index in [-0.39, 0.29) is 24.5 Å². The number of piperidine rings is 1. The Kier molecular flexibility index (Phi) is 8.92. The van der Waals surface area contributed by atoms with Gasteiger partial charge in [0.05, 0.1) is 6.61 Å². The fourth-order valence-corrected chi connectivity index (χ4v) is 2.97. The van der Waals surface area contributed by atoms with E-state index < -0.39 is 0 Å². The predicted molar refractivity (Wildman–Crippen MR) is 98.8 cm³/mol. The Morgan fingerprint density at radius 3 is 2.77 bits per heavy atom. The Morgan fingerprint density at radius 2 is 2.00 bits per heavy atom. The normalized spacial score (nSPS) is 17.0. The average molecular weight is 363 g/mol. The van der Waals surface area contributed by atoms with Gasteiger partial charge in [0.15, 0.2) is 0 Å². The molecule has 1 atom stereocenters. The van der Waals surface area contributed by atoms with Crippen LogP contribution in [0.5, 0.6) is 5.75 Å². The number of carbonyl (C=O) groups excluding carboxylic acids is 2. The number of nitrogens with one attached hydrogen (secondary N) is 1. The second kappa shape index (κ2) is 11.5. The first-order valence-corrected chi connectivity index (χ1v) is 9.22. The molecule has 0 saturated carbocycles. The van der Waals surface area contributed by atoms with E-state index in [1.54, 1.807) is 0 Å². The van der Waals surface area contributed by atoms with Crippen LogP contribution in [0.15, 0.2) is 30.3 Å². The van der Waals surface area contributed by atoms with Gasteiger partial charge in [0.2, 0.25) is 11.8 Å². The Hall–Kier alpha value is -2.12. The predicted octanol–water partition coefficient (Wildman–Crippen LogP) is 0.928. The third-order valence-corrected chi connectivity index (χ3v) is 4.32. The van der Waals surface area contributed by atoms with Crippen LogP contribution in [-0.2, 0) is 14.3 Å². The molecule has 7 heteroatoms. The van der Waals surface area contributed by atoms with Crippen LogP contribution in [0.2, 0.25) is 0 Å². The smallest absolute Gasteiger partial charge is 0.248 e. The van der Waals surface area contributed by atoms with Crippen LogP contribution in [0.25, 0.3) is 0 Å². The fourth-order valence-electron chi connectivity index (χ4n) is 2.97. The van der Waals surface area contributed by atoms with Crippen molar-refractivity contribution in [2.75, 3.05) is 39.5 Å². The van der Waals surface area contributed by atoms with Crippen molar-refractivity contribution in [3.8, 4) is 5.75 Å². The van der Waals surface area contributed by atoms with E-state index in [9.17, 15) is 9.59 Å². The maximum absolute atomic E-state index is 12.4. The third-order valence-electron chi connectivity index (χ3n) is 4.32. The lowest BCUT2D eigenvalue weighted by atomic mass is 10.0. The number of likely N-dealkylation sites (tertiary alicyclic amines) is 1. The first-order chi connectivity index (χ1) is 12.7. The molecular formula is C19H29N3O4. The van der Waals surface area contributed by atoms with Gasteiger partial charge in [-0.05, 0) is 31.4 Å². The lowest BCUT2D eigenvalue weighted by Gasteiger charge is -2.35. The van der Waals surface area contributed by atoms with Crippen molar-refractivity contribution < 1.29 is 19.1 Å². The van der Waals surface area contributed by atoms with Crippen LogP contribution in [0, 0.1) is 0 Å². The molecule has 0 radical (unpaired) electrons. The maximum Gasteiger partial charge on any atom is 0.248 e. The largest absolute Gasteiger partial charge is 0.491 e. The van der Waals surface area contributed by atoms with Gasteiger partial charge in [-0.25, -0.2) is 0 Å². The highest BCUT2D eigenvalue weighted by molar-refractivity contribution is 5.78. The topological polar surface area (TPSA) is 93.9 Å². The quantitative estimate of drug-likeness (QED) is 0.603. The molecule has 1 aliphatic rings.